The molecule has 21 heavy (non-hydrogen) atoms. The zero-order valence-electron chi connectivity index (χ0n) is 12.6. The van der Waals surface area contributed by atoms with Crippen LogP contribution in [-0.4, -0.2) is 17.0 Å². The van der Waals surface area contributed by atoms with Crippen molar-refractivity contribution < 1.29 is 4.79 Å². The van der Waals surface area contributed by atoms with E-state index in [1.807, 2.05) is 31.3 Å². The minimum absolute atomic E-state index is 0.0118. The van der Waals surface area contributed by atoms with Crippen molar-refractivity contribution in [3.05, 3.63) is 52.8 Å². The van der Waals surface area contributed by atoms with Gasteiger partial charge in [-0.15, -0.1) is 0 Å². The summed E-state index contributed by atoms with van der Waals surface area (Å²) in [7, 11) is 2.02. The lowest BCUT2D eigenvalue weighted by Crippen LogP contribution is -2.24. The number of anilines is 1. The lowest BCUT2D eigenvalue weighted by molar-refractivity contribution is 0.0950. The highest BCUT2D eigenvalue weighted by Gasteiger charge is 2.12. The predicted molar refractivity (Wildman–Crippen MR) is 84.6 cm³/mol. The van der Waals surface area contributed by atoms with Crippen molar-refractivity contribution in [3.8, 4) is 0 Å². The van der Waals surface area contributed by atoms with E-state index in [0.717, 1.165) is 36.3 Å². The van der Waals surface area contributed by atoms with E-state index in [9.17, 15) is 4.79 Å². The third-order valence-corrected chi connectivity index (χ3v) is 4.21. The molecule has 0 aliphatic carbocycles. The highest BCUT2D eigenvalue weighted by Crippen LogP contribution is 2.22. The summed E-state index contributed by atoms with van der Waals surface area (Å²) in [6, 6.07) is 10.0. The Kier molecular flexibility index (Phi) is 3.69. The van der Waals surface area contributed by atoms with Crippen LogP contribution in [0.3, 0.4) is 0 Å². The lowest BCUT2D eigenvalue weighted by atomic mass is 10.0. The molecule has 2 heterocycles. The van der Waals surface area contributed by atoms with E-state index in [4.69, 9.17) is 0 Å². The van der Waals surface area contributed by atoms with Crippen LogP contribution in [0.4, 0.5) is 5.69 Å². The Bertz CT molecular complexity index is 673. The van der Waals surface area contributed by atoms with E-state index in [-0.39, 0.29) is 5.91 Å². The van der Waals surface area contributed by atoms with E-state index >= 15 is 0 Å². The summed E-state index contributed by atoms with van der Waals surface area (Å²) in [5.74, 6) is -0.0118. The first-order valence-electron chi connectivity index (χ1n) is 7.41. The number of amides is 1. The molecular weight excluding hydrogens is 262 g/mol. The summed E-state index contributed by atoms with van der Waals surface area (Å²) < 4.78 is 2.09. The Hall–Kier alpha value is -2.23. The topological polar surface area (TPSA) is 46.1 Å². The molecule has 0 fully saturated rings. The molecule has 2 N–H and O–H groups in total. The number of hydrogen-bond acceptors (Lipinski definition) is 2. The Morgan fingerprint density at radius 2 is 2.19 bits per heavy atom. The van der Waals surface area contributed by atoms with E-state index in [2.05, 4.69) is 28.2 Å². The molecule has 2 aromatic rings. The number of aryl methyl sites for hydroxylation is 2. The van der Waals surface area contributed by atoms with E-state index < -0.39 is 0 Å². The second kappa shape index (κ2) is 5.64. The van der Waals surface area contributed by atoms with Crippen molar-refractivity contribution in [2.24, 2.45) is 7.05 Å². The molecular formula is C17H21N3O. The van der Waals surface area contributed by atoms with Gasteiger partial charge in [-0.1, -0.05) is 0 Å². The van der Waals surface area contributed by atoms with Gasteiger partial charge in [0.05, 0.1) is 6.54 Å². The average Bonchev–Trinajstić information content (AvgIpc) is 2.84. The average molecular weight is 283 g/mol. The molecule has 1 aliphatic rings. The van der Waals surface area contributed by atoms with Crippen molar-refractivity contribution in [2.75, 3.05) is 11.9 Å². The van der Waals surface area contributed by atoms with Crippen LogP contribution in [0.25, 0.3) is 0 Å². The Balaban J connectivity index is 1.69. The van der Waals surface area contributed by atoms with E-state index in [1.54, 1.807) is 0 Å². The second-order valence-corrected chi connectivity index (χ2v) is 5.61. The summed E-state index contributed by atoms with van der Waals surface area (Å²) >= 11 is 0. The maximum absolute atomic E-state index is 12.3. The third-order valence-electron chi connectivity index (χ3n) is 4.21. The van der Waals surface area contributed by atoms with Gasteiger partial charge in [-0.2, -0.15) is 0 Å². The normalized spacial score (nSPS) is 13.4. The van der Waals surface area contributed by atoms with Crippen molar-refractivity contribution in [1.29, 1.82) is 0 Å². The first kappa shape index (κ1) is 13.7. The fraction of sp³-hybridized carbons (Fsp3) is 0.353. The molecule has 0 bridgehead atoms. The standard InChI is InChI=1S/C17H21N3O/c1-12-5-7-15(20(12)2)11-19-17(21)14-6-8-16-13(10-14)4-3-9-18-16/h5-8,10,18H,3-4,9,11H2,1-2H3,(H,19,21). The van der Waals surface area contributed by atoms with Gasteiger partial charge in [-0.3, -0.25) is 4.79 Å². The van der Waals surface area contributed by atoms with Gasteiger partial charge in [-0.05, 0) is 55.7 Å². The molecule has 0 atom stereocenters. The molecule has 4 nitrogen and oxygen atoms in total. The molecule has 0 saturated heterocycles. The quantitative estimate of drug-likeness (QED) is 0.909. The van der Waals surface area contributed by atoms with Crippen LogP contribution >= 0.6 is 0 Å². The fourth-order valence-corrected chi connectivity index (χ4v) is 2.73. The third kappa shape index (κ3) is 2.79. The number of rotatable bonds is 3. The zero-order valence-corrected chi connectivity index (χ0v) is 12.6. The monoisotopic (exact) mass is 283 g/mol. The van der Waals surface area contributed by atoms with Crippen LogP contribution in [0.1, 0.15) is 33.7 Å². The number of carbonyl (C=O) groups excluding carboxylic acids is 1. The van der Waals surface area contributed by atoms with Crippen molar-refractivity contribution in [1.82, 2.24) is 9.88 Å². The van der Waals surface area contributed by atoms with Gasteiger partial charge in [0.2, 0.25) is 0 Å². The van der Waals surface area contributed by atoms with Gasteiger partial charge in [-0.25, -0.2) is 0 Å². The summed E-state index contributed by atoms with van der Waals surface area (Å²) in [6.07, 6.45) is 2.17. The Morgan fingerprint density at radius 1 is 1.33 bits per heavy atom. The summed E-state index contributed by atoms with van der Waals surface area (Å²) in [4.78, 5) is 12.3. The van der Waals surface area contributed by atoms with Gasteiger partial charge in [0.15, 0.2) is 0 Å². The Labute approximate surface area is 125 Å². The van der Waals surface area contributed by atoms with Gasteiger partial charge >= 0.3 is 0 Å². The molecule has 4 heteroatoms. The van der Waals surface area contributed by atoms with Gasteiger partial charge in [0.1, 0.15) is 0 Å². The number of benzene rings is 1. The number of fused-ring (bicyclic) bond motifs is 1. The zero-order chi connectivity index (χ0) is 14.8. The molecule has 0 saturated carbocycles. The van der Waals surface area contributed by atoms with Gasteiger partial charge in [0.25, 0.3) is 5.91 Å². The summed E-state index contributed by atoms with van der Waals surface area (Å²) in [6.45, 7) is 3.63. The van der Waals surface area contributed by atoms with Crippen molar-refractivity contribution >= 4 is 11.6 Å². The molecule has 0 radical (unpaired) electrons. The van der Waals surface area contributed by atoms with Crippen LogP contribution in [-0.2, 0) is 20.0 Å². The number of nitrogens with one attached hydrogen (secondary N) is 2. The number of hydrogen-bond donors (Lipinski definition) is 2. The Morgan fingerprint density at radius 3 is 2.95 bits per heavy atom. The van der Waals surface area contributed by atoms with E-state index in [0.29, 0.717) is 6.54 Å². The first-order chi connectivity index (χ1) is 10.1. The molecule has 1 aromatic carbocycles. The molecule has 0 unspecified atom stereocenters. The van der Waals surface area contributed by atoms with E-state index in [1.165, 1.54) is 11.3 Å². The maximum atomic E-state index is 12.3. The maximum Gasteiger partial charge on any atom is 0.251 e. The first-order valence-corrected chi connectivity index (χ1v) is 7.41. The summed E-state index contributed by atoms with van der Waals surface area (Å²) in [5, 5.41) is 6.36. The molecule has 1 aromatic heterocycles. The minimum atomic E-state index is -0.0118. The number of carbonyl (C=O) groups is 1. The molecule has 0 spiro atoms. The van der Waals surface area contributed by atoms with Crippen molar-refractivity contribution in [3.63, 3.8) is 0 Å². The second-order valence-electron chi connectivity index (χ2n) is 5.61. The van der Waals surface area contributed by atoms with Crippen molar-refractivity contribution in [2.45, 2.75) is 26.3 Å². The lowest BCUT2D eigenvalue weighted by Gasteiger charge is -2.18. The molecule has 110 valence electrons. The minimum Gasteiger partial charge on any atom is -0.385 e. The molecule has 1 aliphatic heterocycles. The van der Waals surface area contributed by atoms with Gasteiger partial charge < -0.3 is 15.2 Å². The van der Waals surface area contributed by atoms with Crippen LogP contribution in [0.5, 0.6) is 0 Å². The SMILES string of the molecule is Cc1ccc(CNC(=O)c2ccc3c(c2)CCCN3)n1C. The highest BCUT2D eigenvalue weighted by molar-refractivity contribution is 5.94. The predicted octanol–water partition coefficient (Wildman–Crippen LogP) is 2.62. The van der Waals surface area contributed by atoms with Crippen LogP contribution in [0, 0.1) is 6.92 Å². The summed E-state index contributed by atoms with van der Waals surface area (Å²) in [5.41, 5.74) is 5.45. The van der Waals surface area contributed by atoms with Gasteiger partial charge in [0, 0.05) is 36.2 Å². The largest absolute Gasteiger partial charge is 0.385 e. The number of aromatic nitrogens is 1. The van der Waals surface area contributed by atoms with Crippen LogP contribution in [0.2, 0.25) is 0 Å². The van der Waals surface area contributed by atoms with Crippen LogP contribution in [0.15, 0.2) is 30.3 Å². The smallest absolute Gasteiger partial charge is 0.251 e. The molecule has 1 amide bonds. The number of nitrogens with zero attached hydrogens (tertiary/aromatic N) is 1. The van der Waals surface area contributed by atoms with Crippen LogP contribution < -0.4 is 10.6 Å². The fourth-order valence-electron chi connectivity index (χ4n) is 2.73. The molecule has 3 rings (SSSR count). The highest BCUT2D eigenvalue weighted by atomic mass is 16.1.